The van der Waals surface area contributed by atoms with Gasteiger partial charge < -0.3 is 14.8 Å². The van der Waals surface area contributed by atoms with Gasteiger partial charge in [0.2, 0.25) is 10.0 Å². The number of aryl methyl sites for hydroxylation is 1. The number of hydrogen-bond donors (Lipinski definition) is 2. The van der Waals surface area contributed by atoms with Crippen molar-refractivity contribution in [1.82, 2.24) is 19.8 Å². The lowest BCUT2D eigenvalue weighted by Crippen LogP contribution is -2.41. The second-order valence-corrected chi connectivity index (χ2v) is 11.6. The topological polar surface area (TPSA) is 129 Å². The van der Waals surface area contributed by atoms with E-state index in [1.807, 2.05) is 18.5 Å². The Morgan fingerprint density at radius 2 is 2.08 bits per heavy atom. The van der Waals surface area contributed by atoms with E-state index in [0.29, 0.717) is 38.3 Å². The lowest BCUT2D eigenvalue weighted by Gasteiger charge is -2.36. The summed E-state index contributed by atoms with van der Waals surface area (Å²) in [7, 11) is -2.35. The van der Waals surface area contributed by atoms with Crippen molar-refractivity contribution < 1.29 is 27.5 Å². The van der Waals surface area contributed by atoms with Gasteiger partial charge in [0.05, 0.1) is 34.0 Å². The SMILES string of the molecule is CCc1nn(C[C@@H](C)COC(=O)c2cccc(S(=O)(=O)NC)c2)c2c1C(=O)NCC1(CCOCC1)C2. The van der Waals surface area contributed by atoms with Crippen LogP contribution in [0.2, 0.25) is 0 Å². The fraction of sp³-hybridized carbons (Fsp3) is 0.560. The van der Waals surface area contributed by atoms with E-state index >= 15 is 0 Å². The minimum atomic E-state index is -3.66. The van der Waals surface area contributed by atoms with Gasteiger partial charge in [-0.25, -0.2) is 17.9 Å². The molecule has 4 rings (SSSR count). The van der Waals surface area contributed by atoms with E-state index < -0.39 is 16.0 Å². The molecule has 11 heteroatoms. The van der Waals surface area contributed by atoms with Gasteiger partial charge in [-0.05, 0) is 56.3 Å². The number of benzene rings is 1. The molecule has 3 heterocycles. The molecule has 0 saturated carbocycles. The summed E-state index contributed by atoms with van der Waals surface area (Å²) >= 11 is 0. The molecule has 2 aliphatic rings. The molecule has 1 aromatic heterocycles. The van der Waals surface area contributed by atoms with Crippen molar-refractivity contribution >= 4 is 21.9 Å². The number of aromatic nitrogens is 2. The lowest BCUT2D eigenvalue weighted by atomic mass is 9.76. The molecular weight excluding hydrogens is 484 g/mol. The highest BCUT2D eigenvalue weighted by Gasteiger charge is 2.39. The Balaban J connectivity index is 1.48. The Kier molecular flexibility index (Phi) is 7.82. The van der Waals surface area contributed by atoms with Crippen molar-refractivity contribution in [3.05, 3.63) is 46.8 Å². The molecule has 1 atom stereocenters. The fourth-order valence-corrected chi connectivity index (χ4v) is 5.66. The number of ether oxygens (including phenoxy) is 2. The number of hydrogen-bond acceptors (Lipinski definition) is 7. The van der Waals surface area contributed by atoms with E-state index in [2.05, 4.69) is 10.0 Å². The predicted octanol–water partition coefficient (Wildman–Crippen LogP) is 1.93. The number of fused-ring (bicyclic) bond motifs is 1. The molecule has 1 amide bonds. The smallest absolute Gasteiger partial charge is 0.338 e. The Bertz CT molecular complexity index is 1230. The standard InChI is InChI=1S/C25H34N4O6S/c1-4-20-22-21(13-25(16-27-23(22)30)8-10-34-11-9-25)29(28-20)14-17(2)15-35-24(31)18-6-5-7-19(12-18)36(32,33)26-3/h5-7,12,17,26H,4,8-11,13-16H2,1-3H3,(H,27,30)/t17-/m1/s1. The molecule has 0 bridgehead atoms. The van der Waals surface area contributed by atoms with Gasteiger partial charge in [-0.15, -0.1) is 0 Å². The summed E-state index contributed by atoms with van der Waals surface area (Å²) in [5.41, 5.74) is 2.51. The molecule has 2 N–H and O–H groups in total. The molecule has 0 radical (unpaired) electrons. The summed E-state index contributed by atoms with van der Waals surface area (Å²) in [6, 6.07) is 5.74. The number of amides is 1. The van der Waals surface area contributed by atoms with Crippen LogP contribution in [0.4, 0.5) is 0 Å². The van der Waals surface area contributed by atoms with Crippen LogP contribution in [0.3, 0.4) is 0 Å². The highest BCUT2D eigenvalue weighted by molar-refractivity contribution is 7.89. The fourth-order valence-electron chi connectivity index (χ4n) is 4.88. The molecule has 0 unspecified atom stereocenters. The minimum absolute atomic E-state index is 0.000791. The van der Waals surface area contributed by atoms with Crippen molar-refractivity contribution in [3.8, 4) is 0 Å². The van der Waals surface area contributed by atoms with Crippen LogP contribution in [0.5, 0.6) is 0 Å². The highest BCUT2D eigenvalue weighted by Crippen LogP contribution is 2.37. The number of esters is 1. The van der Waals surface area contributed by atoms with E-state index in [1.165, 1.54) is 31.3 Å². The quantitative estimate of drug-likeness (QED) is 0.511. The van der Waals surface area contributed by atoms with Crippen molar-refractivity contribution in [2.75, 3.05) is 33.4 Å². The van der Waals surface area contributed by atoms with E-state index in [1.54, 1.807) is 0 Å². The third-order valence-electron chi connectivity index (χ3n) is 7.04. The first-order chi connectivity index (χ1) is 17.2. The van der Waals surface area contributed by atoms with Crippen LogP contribution in [0.1, 0.15) is 58.8 Å². The average molecular weight is 519 g/mol. The van der Waals surface area contributed by atoms with E-state index in [4.69, 9.17) is 14.6 Å². The molecule has 2 aromatic rings. The molecule has 196 valence electrons. The Hall–Kier alpha value is -2.76. The summed E-state index contributed by atoms with van der Waals surface area (Å²) in [5, 5.41) is 7.88. The van der Waals surface area contributed by atoms with Crippen molar-refractivity contribution in [1.29, 1.82) is 0 Å². The number of rotatable bonds is 8. The monoisotopic (exact) mass is 518 g/mol. The lowest BCUT2D eigenvalue weighted by molar-refractivity contribution is 0.0151. The number of carbonyl (C=O) groups excluding carboxylic acids is 2. The van der Waals surface area contributed by atoms with Crippen LogP contribution in [-0.2, 0) is 38.9 Å². The van der Waals surface area contributed by atoms with Crippen LogP contribution in [-0.4, -0.2) is 63.5 Å². The predicted molar refractivity (Wildman–Crippen MR) is 132 cm³/mol. The third kappa shape index (κ3) is 5.47. The molecule has 1 aromatic carbocycles. The number of carbonyl (C=O) groups is 2. The molecular formula is C25H34N4O6S. The van der Waals surface area contributed by atoms with E-state index in [9.17, 15) is 18.0 Å². The molecule has 1 fully saturated rings. The maximum Gasteiger partial charge on any atom is 0.338 e. The normalized spacial score (nSPS) is 18.2. The van der Waals surface area contributed by atoms with Crippen LogP contribution < -0.4 is 10.0 Å². The zero-order valence-electron chi connectivity index (χ0n) is 21.0. The zero-order chi connectivity index (χ0) is 25.9. The Morgan fingerprint density at radius 3 is 2.78 bits per heavy atom. The van der Waals surface area contributed by atoms with Crippen LogP contribution in [0, 0.1) is 11.3 Å². The second kappa shape index (κ2) is 10.7. The third-order valence-corrected chi connectivity index (χ3v) is 8.46. The number of sulfonamides is 1. The first kappa shape index (κ1) is 26.3. The number of nitrogens with one attached hydrogen (secondary N) is 2. The molecule has 0 aliphatic carbocycles. The van der Waals surface area contributed by atoms with Crippen molar-refractivity contribution in [3.63, 3.8) is 0 Å². The van der Waals surface area contributed by atoms with Gasteiger partial charge in [0.25, 0.3) is 5.91 Å². The largest absolute Gasteiger partial charge is 0.462 e. The summed E-state index contributed by atoms with van der Waals surface area (Å²) in [6.45, 7) is 6.56. The maximum atomic E-state index is 13.0. The van der Waals surface area contributed by atoms with Gasteiger partial charge in [0, 0.05) is 32.2 Å². The minimum Gasteiger partial charge on any atom is -0.462 e. The number of nitrogens with zero attached hydrogens (tertiary/aromatic N) is 2. The van der Waals surface area contributed by atoms with Gasteiger partial charge in [0.15, 0.2) is 0 Å². The van der Waals surface area contributed by atoms with Crippen LogP contribution >= 0.6 is 0 Å². The molecule has 36 heavy (non-hydrogen) atoms. The second-order valence-electron chi connectivity index (χ2n) is 9.71. The highest BCUT2D eigenvalue weighted by atomic mass is 32.2. The van der Waals surface area contributed by atoms with Gasteiger partial charge in [-0.3, -0.25) is 9.48 Å². The molecule has 1 saturated heterocycles. The molecule has 10 nitrogen and oxygen atoms in total. The van der Waals surface area contributed by atoms with Gasteiger partial charge in [0.1, 0.15) is 0 Å². The van der Waals surface area contributed by atoms with Crippen molar-refractivity contribution in [2.45, 2.75) is 51.0 Å². The van der Waals surface area contributed by atoms with Crippen LogP contribution in [0.25, 0.3) is 0 Å². The van der Waals surface area contributed by atoms with Gasteiger partial charge in [-0.2, -0.15) is 5.10 Å². The van der Waals surface area contributed by atoms with Gasteiger partial charge in [-0.1, -0.05) is 19.9 Å². The zero-order valence-corrected chi connectivity index (χ0v) is 21.8. The summed E-state index contributed by atoms with van der Waals surface area (Å²) in [5.74, 6) is -0.750. The van der Waals surface area contributed by atoms with Gasteiger partial charge >= 0.3 is 5.97 Å². The van der Waals surface area contributed by atoms with Crippen molar-refractivity contribution in [2.24, 2.45) is 11.3 Å². The Morgan fingerprint density at radius 1 is 1.33 bits per heavy atom. The first-order valence-corrected chi connectivity index (χ1v) is 13.8. The molecule has 2 aliphatic heterocycles. The summed E-state index contributed by atoms with van der Waals surface area (Å²) in [4.78, 5) is 25.6. The van der Waals surface area contributed by atoms with Crippen LogP contribution in [0.15, 0.2) is 29.2 Å². The Labute approximate surface area is 211 Å². The van der Waals surface area contributed by atoms with E-state index in [0.717, 1.165) is 30.7 Å². The average Bonchev–Trinajstić information content (AvgIpc) is 3.15. The summed E-state index contributed by atoms with van der Waals surface area (Å²) < 4.78 is 39.3. The molecule has 1 spiro atoms. The van der Waals surface area contributed by atoms with E-state index in [-0.39, 0.29) is 34.3 Å². The maximum absolute atomic E-state index is 13.0. The summed E-state index contributed by atoms with van der Waals surface area (Å²) in [6.07, 6.45) is 3.16. The first-order valence-electron chi connectivity index (χ1n) is 12.3.